The van der Waals surface area contributed by atoms with Gasteiger partial charge < -0.3 is 10.1 Å². The summed E-state index contributed by atoms with van der Waals surface area (Å²) in [5, 5.41) is 3.06. The van der Waals surface area contributed by atoms with Crippen LogP contribution in [0.1, 0.15) is 25.1 Å². The molecule has 0 saturated carbocycles. The minimum atomic E-state index is 0.706. The van der Waals surface area contributed by atoms with Crippen molar-refractivity contribution in [2.24, 2.45) is 0 Å². The van der Waals surface area contributed by atoms with Gasteiger partial charge in [0.05, 0.1) is 25.1 Å². The molecule has 0 aliphatic carbocycles. The van der Waals surface area contributed by atoms with Crippen molar-refractivity contribution in [2.45, 2.75) is 26.9 Å². The lowest BCUT2D eigenvalue weighted by molar-refractivity contribution is 0.109. The predicted molar refractivity (Wildman–Crippen MR) is 58.5 cm³/mol. The average molecular weight is 194 g/mol. The number of pyridine rings is 1. The lowest BCUT2D eigenvalue weighted by Gasteiger charge is -2.15. The van der Waals surface area contributed by atoms with E-state index in [1.807, 2.05) is 27.1 Å². The summed E-state index contributed by atoms with van der Waals surface area (Å²) in [5.74, 6) is 0. The van der Waals surface area contributed by atoms with Gasteiger partial charge in [0, 0.05) is 24.7 Å². The molecule has 0 bridgehead atoms. The summed E-state index contributed by atoms with van der Waals surface area (Å²) in [5.41, 5.74) is 3.45. The third-order valence-electron chi connectivity index (χ3n) is 2.09. The van der Waals surface area contributed by atoms with Gasteiger partial charge in [0.25, 0.3) is 0 Å². The van der Waals surface area contributed by atoms with E-state index in [2.05, 4.69) is 16.4 Å². The Kier molecular flexibility index (Phi) is 4.40. The maximum atomic E-state index is 5.33. The first-order chi connectivity index (χ1) is 6.90. The molecule has 78 valence electrons. The first kappa shape index (κ1) is 11.0. The van der Waals surface area contributed by atoms with Crippen LogP contribution in [0.5, 0.6) is 0 Å². The number of hydrogen-bond acceptors (Lipinski definition) is 3. The molecule has 0 amide bonds. The van der Waals surface area contributed by atoms with Crippen LogP contribution >= 0.6 is 0 Å². The number of anilines is 1. The van der Waals surface area contributed by atoms with Crippen LogP contribution in [-0.4, -0.2) is 18.6 Å². The summed E-state index contributed by atoms with van der Waals surface area (Å²) in [4.78, 5) is 4.35. The van der Waals surface area contributed by atoms with Crippen molar-refractivity contribution in [2.75, 3.05) is 19.0 Å². The highest BCUT2D eigenvalue weighted by molar-refractivity contribution is 5.44. The highest BCUT2D eigenvalue weighted by Crippen LogP contribution is 2.17. The monoisotopic (exact) mass is 194 g/mol. The summed E-state index contributed by atoms with van der Waals surface area (Å²) in [6.45, 7) is 5.51. The quantitative estimate of drug-likeness (QED) is 0.744. The lowest BCUT2D eigenvalue weighted by Crippen LogP contribution is -2.11. The van der Waals surface area contributed by atoms with E-state index < -0.39 is 0 Å². The van der Waals surface area contributed by atoms with Gasteiger partial charge in [-0.15, -0.1) is 0 Å². The van der Waals surface area contributed by atoms with Crippen molar-refractivity contribution in [3.8, 4) is 0 Å². The summed E-state index contributed by atoms with van der Waals surface area (Å²) < 4.78 is 5.33. The molecule has 1 aromatic rings. The van der Waals surface area contributed by atoms with E-state index in [1.165, 1.54) is 11.3 Å². The van der Waals surface area contributed by atoms with Gasteiger partial charge in [0.1, 0.15) is 0 Å². The maximum absolute atomic E-state index is 5.33. The number of hydrogen-bond donors (Lipinski definition) is 1. The number of nitrogens with one attached hydrogen (secondary N) is 1. The van der Waals surface area contributed by atoms with E-state index in [9.17, 15) is 0 Å². The Labute approximate surface area is 85.5 Å². The van der Waals surface area contributed by atoms with E-state index in [1.54, 1.807) is 0 Å². The average Bonchev–Trinajstić information content (AvgIpc) is 2.31. The predicted octanol–water partition coefficient (Wildman–Crippen LogP) is 2.22. The molecule has 0 spiro atoms. The van der Waals surface area contributed by atoms with Crippen molar-refractivity contribution in [1.82, 2.24) is 4.98 Å². The molecule has 1 N–H and O–H groups in total. The Bertz CT molecular complexity index is 287. The molecule has 1 aliphatic heterocycles. The molecule has 0 unspecified atom stereocenters. The Morgan fingerprint density at radius 2 is 2.21 bits per heavy atom. The van der Waals surface area contributed by atoms with Crippen LogP contribution in [0.25, 0.3) is 0 Å². The second kappa shape index (κ2) is 5.60. The van der Waals surface area contributed by atoms with Crippen LogP contribution in [0, 0.1) is 0 Å². The minimum absolute atomic E-state index is 0.706. The van der Waals surface area contributed by atoms with Crippen molar-refractivity contribution in [1.29, 1.82) is 0 Å². The molecule has 3 heteroatoms. The molecule has 2 heterocycles. The number of ether oxygens (including phenoxy) is 1. The third-order valence-corrected chi connectivity index (χ3v) is 2.09. The topological polar surface area (TPSA) is 34.2 Å². The van der Waals surface area contributed by atoms with Gasteiger partial charge in [-0.1, -0.05) is 13.8 Å². The smallest absolute Gasteiger partial charge is 0.0735 e. The summed E-state index contributed by atoms with van der Waals surface area (Å²) >= 11 is 0. The first-order valence-corrected chi connectivity index (χ1v) is 5.13. The first-order valence-electron chi connectivity index (χ1n) is 5.13. The van der Waals surface area contributed by atoms with Crippen LogP contribution in [0.15, 0.2) is 12.3 Å². The van der Waals surface area contributed by atoms with Crippen LogP contribution in [-0.2, 0) is 17.8 Å². The molecular weight excluding hydrogens is 176 g/mol. The van der Waals surface area contributed by atoms with Gasteiger partial charge in [0.2, 0.25) is 0 Å². The zero-order valence-electron chi connectivity index (χ0n) is 9.13. The molecule has 2 rings (SSSR count). The largest absolute Gasteiger partial charge is 0.387 e. The molecule has 0 fully saturated rings. The second-order valence-corrected chi connectivity index (χ2v) is 2.88. The van der Waals surface area contributed by atoms with Gasteiger partial charge in [0.15, 0.2) is 0 Å². The Balaban J connectivity index is 0.000000461. The fourth-order valence-electron chi connectivity index (χ4n) is 1.38. The van der Waals surface area contributed by atoms with Gasteiger partial charge in [-0.3, -0.25) is 4.98 Å². The standard InChI is InChI=1S/C9H12N2O.C2H6/c1-10-8-4-7-6-12-3-2-9(7)11-5-8;1-2/h4-5,10H,2-3,6H2,1H3;1-2H3. The molecule has 14 heavy (non-hydrogen) atoms. The lowest BCUT2D eigenvalue weighted by atomic mass is 10.1. The Morgan fingerprint density at radius 3 is 2.93 bits per heavy atom. The zero-order valence-corrected chi connectivity index (χ0v) is 9.13. The van der Waals surface area contributed by atoms with Gasteiger partial charge in [-0.05, 0) is 6.07 Å². The molecule has 0 saturated heterocycles. The van der Waals surface area contributed by atoms with Crippen LogP contribution in [0.3, 0.4) is 0 Å². The van der Waals surface area contributed by atoms with Gasteiger partial charge >= 0.3 is 0 Å². The molecular formula is C11H18N2O. The Morgan fingerprint density at radius 1 is 1.43 bits per heavy atom. The summed E-state index contributed by atoms with van der Waals surface area (Å²) in [6, 6.07) is 2.10. The number of fused-ring (bicyclic) bond motifs is 1. The number of rotatable bonds is 1. The molecule has 1 aliphatic rings. The zero-order chi connectivity index (χ0) is 10.4. The van der Waals surface area contributed by atoms with Crippen LogP contribution in [0.2, 0.25) is 0 Å². The van der Waals surface area contributed by atoms with Crippen molar-refractivity contribution < 1.29 is 4.74 Å². The Hall–Kier alpha value is -1.09. The normalized spacial score (nSPS) is 13.6. The molecule has 3 nitrogen and oxygen atoms in total. The number of aromatic nitrogens is 1. The van der Waals surface area contributed by atoms with E-state index in [0.717, 1.165) is 18.7 Å². The highest BCUT2D eigenvalue weighted by atomic mass is 16.5. The van der Waals surface area contributed by atoms with Crippen LogP contribution < -0.4 is 5.32 Å². The van der Waals surface area contributed by atoms with E-state index in [-0.39, 0.29) is 0 Å². The molecule has 0 atom stereocenters. The van der Waals surface area contributed by atoms with Crippen molar-refractivity contribution >= 4 is 5.69 Å². The van der Waals surface area contributed by atoms with Crippen LogP contribution in [0.4, 0.5) is 5.69 Å². The third kappa shape index (κ3) is 2.45. The number of nitrogens with zero attached hydrogens (tertiary/aromatic N) is 1. The maximum Gasteiger partial charge on any atom is 0.0735 e. The summed E-state index contributed by atoms with van der Waals surface area (Å²) in [6.07, 6.45) is 2.81. The highest BCUT2D eigenvalue weighted by Gasteiger charge is 2.10. The fourth-order valence-corrected chi connectivity index (χ4v) is 1.38. The van der Waals surface area contributed by atoms with Gasteiger partial charge in [-0.25, -0.2) is 0 Å². The van der Waals surface area contributed by atoms with E-state index >= 15 is 0 Å². The molecule has 0 radical (unpaired) electrons. The summed E-state index contributed by atoms with van der Waals surface area (Å²) in [7, 11) is 1.90. The SMILES string of the molecule is CC.CNc1cnc2c(c1)COCC2. The second-order valence-electron chi connectivity index (χ2n) is 2.88. The molecule has 0 aromatic carbocycles. The molecule has 1 aromatic heterocycles. The van der Waals surface area contributed by atoms with Crippen molar-refractivity contribution in [3.05, 3.63) is 23.5 Å². The van der Waals surface area contributed by atoms with Gasteiger partial charge in [-0.2, -0.15) is 0 Å². The van der Waals surface area contributed by atoms with Crippen molar-refractivity contribution in [3.63, 3.8) is 0 Å². The van der Waals surface area contributed by atoms with E-state index in [0.29, 0.717) is 6.61 Å². The van der Waals surface area contributed by atoms with E-state index in [4.69, 9.17) is 4.74 Å². The fraction of sp³-hybridized carbons (Fsp3) is 0.545. The minimum Gasteiger partial charge on any atom is -0.387 e.